The molecule has 2 N–H and O–H groups in total. The van der Waals surface area contributed by atoms with Gasteiger partial charge in [0.15, 0.2) is 18.1 Å². The number of nitrogens with one attached hydrogen (secondary N) is 2. The second-order valence-electron chi connectivity index (χ2n) is 7.68. The summed E-state index contributed by atoms with van der Waals surface area (Å²) in [6, 6.07) is 17.4. The standard InChI is InChI=1S/C26H29ClN2O3/c1-5-31-24-13-20(15-28-22-11-8-18(3)19(4)12-22)23(27)14-25(24)32-16-26(30)29-21-9-6-17(2)7-10-21/h6-14,28H,5,15-16H2,1-4H3,(H,29,30). The largest absolute Gasteiger partial charge is 0.490 e. The van der Waals surface area contributed by atoms with Crippen molar-refractivity contribution in [3.05, 3.63) is 81.9 Å². The number of ether oxygens (including phenoxy) is 2. The molecule has 6 heteroatoms. The summed E-state index contributed by atoms with van der Waals surface area (Å²) in [5, 5.41) is 6.75. The van der Waals surface area contributed by atoms with Crippen LogP contribution in [0.15, 0.2) is 54.6 Å². The van der Waals surface area contributed by atoms with Gasteiger partial charge in [0, 0.05) is 29.0 Å². The van der Waals surface area contributed by atoms with Crippen molar-refractivity contribution in [3.63, 3.8) is 0 Å². The van der Waals surface area contributed by atoms with Crippen molar-refractivity contribution >= 4 is 28.9 Å². The van der Waals surface area contributed by atoms with Crippen LogP contribution in [0.5, 0.6) is 11.5 Å². The lowest BCUT2D eigenvalue weighted by atomic mass is 10.1. The lowest BCUT2D eigenvalue weighted by Gasteiger charge is -2.16. The molecule has 3 aromatic carbocycles. The average molecular weight is 453 g/mol. The molecule has 0 heterocycles. The lowest BCUT2D eigenvalue weighted by molar-refractivity contribution is -0.118. The number of carbonyl (C=O) groups is 1. The third-order valence-corrected chi connectivity index (χ3v) is 5.45. The van der Waals surface area contributed by atoms with E-state index in [1.165, 1.54) is 11.1 Å². The van der Waals surface area contributed by atoms with Crippen LogP contribution in [0.1, 0.15) is 29.2 Å². The van der Waals surface area contributed by atoms with E-state index >= 15 is 0 Å². The highest BCUT2D eigenvalue weighted by Crippen LogP contribution is 2.34. The van der Waals surface area contributed by atoms with Gasteiger partial charge in [-0.2, -0.15) is 0 Å². The molecule has 3 aromatic rings. The van der Waals surface area contributed by atoms with E-state index < -0.39 is 0 Å². The minimum Gasteiger partial charge on any atom is -0.490 e. The first kappa shape index (κ1) is 23.5. The van der Waals surface area contributed by atoms with Gasteiger partial charge in [-0.15, -0.1) is 0 Å². The fourth-order valence-electron chi connectivity index (χ4n) is 3.12. The Labute approximate surface area is 194 Å². The number of halogens is 1. The van der Waals surface area contributed by atoms with E-state index in [0.29, 0.717) is 29.7 Å². The van der Waals surface area contributed by atoms with Crippen LogP contribution in [0, 0.1) is 20.8 Å². The van der Waals surface area contributed by atoms with Gasteiger partial charge in [-0.25, -0.2) is 0 Å². The molecule has 0 saturated heterocycles. The van der Waals surface area contributed by atoms with Crippen molar-refractivity contribution in [2.45, 2.75) is 34.2 Å². The predicted molar refractivity (Wildman–Crippen MR) is 131 cm³/mol. The van der Waals surface area contributed by atoms with E-state index in [1.54, 1.807) is 6.07 Å². The second kappa shape index (κ2) is 10.9. The Hall–Kier alpha value is -3.18. The van der Waals surface area contributed by atoms with Crippen molar-refractivity contribution < 1.29 is 14.3 Å². The fraction of sp³-hybridized carbons (Fsp3) is 0.269. The molecule has 0 radical (unpaired) electrons. The van der Waals surface area contributed by atoms with E-state index in [1.807, 2.05) is 50.2 Å². The molecule has 0 aliphatic heterocycles. The molecule has 5 nitrogen and oxygen atoms in total. The molecule has 0 atom stereocenters. The van der Waals surface area contributed by atoms with Crippen LogP contribution in [0.3, 0.4) is 0 Å². The number of benzene rings is 3. The zero-order valence-electron chi connectivity index (χ0n) is 18.9. The maximum absolute atomic E-state index is 12.3. The van der Waals surface area contributed by atoms with Crippen LogP contribution in [0.2, 0.25) is 5.02 Å². The van der Waals surface area contributed by atoms with E-state index in [9.17, 15) is 4.79 Å². The van der Waals surface area contributed by atoms with E-state index in [4.69, 9.17) is 21.1 Å². The van der Waals surface area contributed by atoms with Crippen molar-refractivity contribution in [1.82, 2.24) is 0 Å². The predicted octanol–water partition coefficient (Wildman–Crippen LogP) is 6.29. The number of hydrogen-bond donors (Lipinski definition) is 2. The molecule has 168 valence electrons. The molecule has 0 aromatic heterocycles. The number of aryl methyl sites for hydroxylation is 3. The molecule has 32 heavy (non-hydrogen) atoms. The van der Waals surface area contributed by atoms with Crippen molar-refractivity contribution in [3.8, 4) is 11.5 Å². The highest BCUT2D eigenvalue weighted by molar-refractivity contribution is 6.31. The SMILES string of the molecule is CCOc1cc(CNc2ccc(C)c(C)c2)c(Cl)cc1OCC(=O)Nc1ccc(C)cc1. The van der Waals surface area contributed by atoms with Gasteiger partial charge in [0.2, 0.25) is 0 Å². The summed E-state index contributed by atoms with van der Waals surface area (Å²) >= 11 is 6.51. The summed E-state index contributed by atoms with van der Waals surface area (Å²) in [4.78, 5) is 12.3. The van der Waals surface area contributed by atoms with Crippen LogP contribution in [0.25, 0.3) is 0 Å². The number of hydrogen-bond acceptors (Lipinski definition) is 4. The Morgan fingerprint density at radius 2 is 1.56 bits per heavy atom. The smallest absolute Gasteiger partial charge is 0.262 e. The summed E-state index contributed by atoms with van der Waals surface area (Å²) < 4.78 is 11.5. The van der Waals surface area contributed by atoms with Crippen LogP contribution >= 0.6 is 11.6 Å². The maximum Gasteiger partial charge on any atom is 0.262 e. The Morgan fingerprint density at radius 1 is 0.875 bits per heavy atom. The van der Waals surface area contributed by atoms with Crippen LogP contribution in [-0.2, 0) is 11.3 Å². The van der Waals surface area contributed by atoms with Gasteiger partial charge in [0.25, 0.3) is 5.91 Å². The molecule has 0 fully saturated rings. The normalized spacial score (nSPS) is 10.5. The van der Waals surface area contributed by atoms with Crippen LogP contribution in [-0.4, -0.2) is 19.1 Å². The van der Waals surface area contributed by atoms with Crippen molar-refractivity contribution in [1.29, 1.82) is 0 Å². The fourth-order valence-corrected chi connectivity index (χ4v) is 3.34. The van der Waals surface area contributed by atoms with Gasteiger partial charge in [-0.3, -0.25) is 4.79 Å². The van der Waals surface area contributed by atoms with E-state index in [0.717, 1.165) is 22.5 Å². The highest BCUT2D eigenvalue weighted by Gasteiger charge is 2.13. The molecule has 0 aliphatic carbocycles. The first-order chi connectivity index (χ1) is 15.4. The molecule has 3 rings (SSSR count). The van der Waals surface area contributed by atoms with Gasteiger partial charge >= 0.3 is 0 Å². The number of amides is 1. The van der Waals surface area contributed by atoms with Crippen molar-refractivity contribution in [2.75, 3.05) is 23.8 Å². The molecular formula is C26H29ClN2O3. The zero-order valence-corrected chi connectivity index (χ0v) is 19.7. The molecule has 0 aliphatic rings. The monoisotopic (exact) mass is 452 g/mol. The third-order valence-electron chi connectivity index (χ3n) is 5.10. The van der Waals surface area contributed by atoms with Crippen LogP contribution in [0.4, 0.5) is 11.4 Å². The molecule has 0 saturated carbocycles. The van der Waals surface area contributed by atoms with Gasteiger partial charge < -0.3 is 20.1 Å². The Bertz CT molecular complexity index is 1080. The first-order valence-corrected chi connectivity index (χ1v) is 11.0. The topological polar surface area (TPSA) is 59.6 Å². The first-order valence-electron chi connectivity index (χ1n) is 10.6. The molecule has 0 spiro atoms. The van der Waals surface area contributed by atoms with Crippen molar-refractivity contribution in [2.24, 2.45) is 0 Å². The maximum atomic E-state index is 12.3. The molecule has 0 unspecified atom stereocenters. The number of carbonyl (C=O) groups excluding carboxylic acids is 1. The summed E-state index contributed by atoms with van der Waals surface area (Å²) in [6.45, 7) is 8.92. The van der Waals surface area contributed by atoms with Gasteiger partial charge in [0.05, 0.1) is 6.61 Å². The summed E-state index contributed by atoms with van der Waals surface area (Å²) in [5.41, 5.74) is 6.23. The quantitative estimate of drug-likeness (QED) is 0.400. The van der Waals surface area contributed by atoms with Gasteiger partial charge in [-0.05, 0) is 74.7 Å². The third kappa shape index (κ3) is 6.41. The Balaban J connectivity index is 1.66. The average Bonchev–Trinajstić information content (AvgIpc) is 2.77. The summed E-state index contributed by atoms with van der Waals surface area (Å²) in [6.07, 6.45) is 0. The minimum atomic E-state index is -0.257. The van der Waals surface area contributed by atoms with Crippen LogP contribution < -0.4 is 20.1 Å². The van der Waals surface area contributed by atoms with Gasteiger partial charge in [-0.1, -0.05) is 35.4 Å². The number of anilines is 2. The summed E-state index contributed by atoms with van der Waals surface area (Å²) in [5.74, 6) is 0.732. The van der Waals surface area contributed by atoms with E-state index in [-0.39, 0.29) is 12.5 Å². The summed E-state index contributed by atoms with van der Waals surface area (Å²) in [7, 11) is 0. The zero-order chi connectivity index (χ0) is 23.1. The van der Waals surface area contributed by atoms with E-state index in [2.05, 4.69) is 36.6 Å². The van der Waals surface area contributed by atoms with Gasteiger partial charge in [0.1, 0.15) is 0 Å². The number of rotatable bonds is 9. The second-order valence-corrected chi connectivity index (χ2v) is 8.09. The highest BCUT2D eigenvalue weighted by atomic mass is 35.5. The Kier molecular flexibility index (Phi) is 8.01. The minimum absolute atomic E-state index is 0.148. The lowest BCUT2D eigenvalue weighted by Crippen LogP contribution is -2.20. The molecule has 1 amide bonds. The Morgan fingerprint density at radius 3 is 2.25 bits per heavy atom. The molecular weight excluding hydrogens is 424 g/mol. The molecule has 0 bridgehead atoms.